The quantitative estimate of drug-likeness (QED) is 0.574. The Kier molecular flexibility index (Phi) is 6.82. The normalized spacial score (nSPS) is 11.7. The number of hydrogen-bond acceptors (Lipinski definition) is 5. The van der Waals surface area contributed by atoms with Crippen molar-refractivity contribution in [2.45, 2.75) is 33.8 Å². The third-order valence-corrected chi connectivity index (χ3v) is 5.03. The first-order chi connectivity index (χ1) is 15.2. The first-order valence-corrected chi connectivity index (χ1v) is 10.2. The highest BCUT2D eigenvalue weighted by atomic mass is 16.6. The molecule has 1 amide bonds. The summed E-state index contributed by atoms with van der Waals surface area (Å²) in [4.78, 5) is 37.6. The number of carbonyl (C=O) groups excluding carboxylic acids is 2. The molecule has 0 saturated carbocycles. The molecular formula is C24H27N3O5. The van der Waals surface area contributed by atoms with Crippen LogP contribution in [0.4, 0.5) is 5.69 Å². The molecule has 0 radical (unpaired) electrons. The molecule has 0 aliphatic rings. The van der Waals surface area contributed by atoms with Crippen molar-refractivity contribution in [3.05, 3.63) is 75.7 Å². The van der Waals surface area contributed by atoms with Crippen LogP contribution in [0.5, 0.6) is 5.75 Å². The summed E-state index contributed by atoms with van der Waals surface area (Å²) in [5, 5.41) is 2.59. The fraction of sp³-hybridized carbons (Fsp3) is 0.292. The van der Waals surface area contributed by atoms with Gasteiger partial charge in [0.1, 0.15) is 11.4 Å². The van der Waals surface area contributed by atoms with Crippen molar-refractivity contribution in [2.24, 2.45) is 7.05 Å². The first kappa shape index (κ1) is 22.9. The lowest BCUT2D eigenvalue weighted by Gasteiger charge is -2.14. The number of aryl methyl sites for hydroxylation is 2. The Morgan fingerprint density at radius 3 is 2.28 bits per heavy atom. The van der Waals surface area contributed by atoms with Crippen molar-refractivity contribution in [3.63, 3.8) is 0 Å². The van der Waals surface area contributed by atoms with Gasteiger partial charge in [-0.25, -0.2) is 9.48 Å². The maximum absolute atomic E-state index is 12.9. The monoisotopic (exact) mass is 437 g/mol. The van der Waals surface area contributed by atoms with Crippen molar-refractivity contribution in [1.29, 1.82) is 0 Å². The van der Waals surface area contributed by atoms with Crippen LogP contribution in [-0.4, -0.2) is 34.0 Å². The van der Waals surface area contributed by atoms with E-state index in [2.05, 4.69) is 5.32 Å². The number of ether oxygens (including phenoxy) is 2. The Labute approximate surface area is 186 Å². The Morgan fingerprint density at radius 1 is 1.03 bits per heavy atom. The number of rotatable bonds is 7. The summed E-state index contributed by atoms with van der Waals surface area (Å²) in [7, 11) is 1.73. The van der Waals surface area contributed by atoms with E-state index in [1.807, 2.05) is 50.2 Å². The van der Waals surface area contributed by atoms with Gasteiger partial charge in [0, 0.05) is 7.05 Å². The lowest BCUT2D eigenvalue weighted by molar-refractivity contribution is -0.155. The Balaban J connectivity index is 1.64. The molecule has 168 valence electrons. The van der Waals surface area contributed by atoms with E-state index in [1.54, 1.807) is 30.8 Å². The molecule has 1 atom stereocenters. The molecule has 8 heteroatoms. The van der Waals surface area contributed by atoms with E-state index in [-0.39, 0.29) is 17.9 Å². The second-order valence-electron chi connectivity index (χ2n) is 7.67. The van der Waals surface area contributed by atoms with E-state index in [0.717, 1.165) is 11.1 Å². The average molecular weight is 437 g/mol. The number of amides is 1. The highest BCUT2D eigenvalue weighted by molar-refractivity contribution is 5.95. The van der Waals surface area contributed by atoms with Crippen LogP contribution in [-0.2, 0) is 21.4 Å². The summed E-state index contributed by atoms with van der Waals surface area (Å²) in [5.41, 5.74) is 3.04. The molecule has 3 rings (SSSR count). The molecule has 2 aromatic carbocycles. The predicted octanol–water partition coefficient (Wildman–Crippen LogP) is 3.05. The number of nitrogens with zero attached hydrogens (tertiary/aromatic N) is 2. The zero-order valence-electron chi connectivity index (χ0n) is 18.8. The van der Waals surface area contributed by atoms with E-state index < -0.39 is 18.0 Å². The summed E-state index contributed by atoms with van der Waals surface area (Å²) in [5.74, 6) is -0.730. The van der Waals surface area contributed by atoms with Gasteiger partial charge in [0.15, 0.2) is 12.7 Å². The maximum atomic E-state index is 12.9. The van der Waals surface area contributed by atoms with E-state index in [4.69, 9.17) is 9.47 Å². The van der Waals surface area contributed by atoms with Crippen LogP contribution in [0.3, 0.4) is 0 Å². The number of anilines is 1. The minimum absolute atomic E-state index is 0.135. The molecule has 8 nitrogen and oxygen atoms in total. The molecule has 0 spiro atoms. The molecule has 0 bridgehead atoms. The number of para-hydroxylation sites is 1. The van der Waals surface area contributed by atoms with Gasteiger partial charge in [-0.05, 0) is 63.1 Å². The lowest BCUT2D eigenvalue weighted by Crippen LogP contribution is -2.33. The first-order valence-electron chi connectivity index (χ1n) is 10.2. The van der Waals surface area contributed by atoms with Crippen LogP contribution in [0.25, 0.3) is 5.69 Å². The van der Waals surface area contributed by atoms with Crippen LogP contribution >= 0.6 is 0 Å². The Morgan fingerprint density at radius 2 is 1.66 bits per heavy atom. The molecule has 0 aliphatic heterocycles. The van der Waals surface area contributed by atoms with Crippen molar-refractivity contribution in [2.75, 3.05) is 11.9 Å². The number of benzene rings is 2. The van der Waals surface area contributed by atoms with Gasteiger partial charge in [0.2, 0.25) is 0 Å². The average Bonchev–Trinajstić information content (AvgIpc) is 2.95. The summed E-state index contributed by atoms with van der Waals surface area (Å²) in [6, 6.07) is 14.7. The second-order valence-corrected chi connectivity index (χ2v) is 7.67. The van der Waals surface area contributed by atoms with Gasteiger partial charge >= 0.3 is 5.97 Å². The third kappa shape index (κ3) is 5.08. The summed E-state index contributed by atoms with van der Waals surface area (Å²) < 4.78 is 13.8. The standard InChI is InChI=1S/C24H27N3O5/c1-15-11-16(2)13-20(12-15)31-14-21(28)32-18(4)23(29)25-22-17(3)26(5)27(24(22)30)19-9-7-6-8-10-19/h6-13,18H,14H2,1-5H3,(H,25,29)/t18-/m0/s1. The topological polar surface area (TPSA) is 91.6 Å². The molecule has 0 unspecified atom stereocenters. The molecule has 1 N–H and O–H groups in total. The Bertz CT molecular complexity index is 1170. The SMILES string of the molecule is Cc1cc(C)cc(OCC(=O)O[C@@H](C)C(=O)Nc2c(C)n(C)n(-c3ccccc3)c2=O)c1. The van der Waals surface area contributed by atoms with Crippen molar-refractivity contribution in [1.82, 2.24) is 9.36 Å². The maximum Gasteiger partial charge on any atom is 0.344 e. The zero-order valence-corrected chi connectivity index (χ0v) is 18.8. The van der Waals surface area contributed by atoms with Gasteiger partial charge in [0.05, 0.1) is 11.4 Å². The summed E-state index contributed by atoms with van der Waals surface area (Å²) in [6.45, 7) is 6.71. The minimum Gasteiger partial charge on any atom is -0.482 e. The van der Waals surface area contributed by atoms with E-state index in [1.165, 1.54) is 11.6 Å². The summed E-state index contributed by atoms with van der Waals surface area (Å²) in [6.07, 6.45) is -1.10. The largest absolute Gasteiger partial charge is 0.482 e. The van der Waals surface area contributed by atoms with Crippen LogP contribution in [0, 0.1) is 20.8 Å². The smallest absolute Gasteiger partial charge is 0.344 e. The second kappa shape index (κ2) is 9.55. The minimum atomic E-state index is -1.10. The van der Waals surface area contributed by atoms with Gasteiger partial charge in [-0.2, -0.15) is 0 Å². The van der Waals surface area contributed by atoms with Gasteiger partial charge in [-0.15, -0.1) is 0 Å². The van der Waals surface area contributed by atoms with Gasteiger partial charge in [-0.3, -0.25) is 14.3 Å². The van der Waals surface area contributed by atoms with Gasteiger partial charge in [-0.1, -0.05) is 24.3 Å². The number of esters is 1. The Hall–Kier alpha value is -3.81. The number of carbonyl (C=O) groups is 2. The highest BCUT2D eigenvalue weighted by Gasteiger charge is 2.23. The molecule has 1 heterocycles. The number of aromatic nitrogens is 2. The zero-order chi connectivity index (χ0) is 23.4. The lowest BCUT2D eigenvalue weighted by atomic mass is 10.1. The van der Waals surface area contributed by atoms with Crippen molar-refractivity contribution in [3.8, 4) is 11.4 Å². The molecule has 0 fully saturated rings. The number of hydrogen-bond donors (Lipinski definition) is 1. The molecule has 1 aromatic heterocycles. The molecule has 0 saturated heterocycles. The van der Waals surface area contributed by atoms with Gasteiger partial charge < -0.3 is 14.8 Å². The third-order valence-electron chi connectivity index (χ3n) is 5.03. The van der Waals surface area contributed by atoms with Gasteiger partial charge in [0.25, 0.3) is 11.5 Å². The number of nitrogens with one attached hydrogen (secondary N) is 1. The molecule has 0 aliphatic carbocycles. The van der Waals surface area contributed by atoms with Crippen molar-refractivity contribution < 1.29 is 19.1 Å². The molecule has 32 heavy (non-hydrogen) atoms. The van der Waals surface area contributed by atoms with Crippen LogP contribution in [0.2, 0.25) is 0 Å². The van der Waals surface area contributed by atoms with Crippen LogP contribution in [0.1, 0.15) is 23.7 Å². The van der Waals surface area contributed by atoms with E-state index in [9.17, 15) is 14.4 Å². The fourth-order valence-corrected chi connectivity index (χ4v) is 3.38. The van der Waals surface area contributed by atoms with Crippen molar-refractivity contribution >= 4 is 17.6 Å². The van der Waals surface area contributed by atoms with E-state index in [0.29, 0.717) is 17.1 Å². The van der Waals surface area contributed by atoms with Crippen LogP contribution in [0.15, 0.2) is 53.3 Å². The molecule has 3 aromatic rings. The summed E-state index contributed by atoms with van der Waals surface area (Å²) >= 11 is 0. The van der Waals surface area contributed by atoms with E-state index >= 15 is 0 Å². The molecular weight excluding hydrogens is 410 g/mol. The predicted molar refractivity (Wildman–Crippen MR) is 121 cm³/mol. The highest BCUT2D eigenvalue weighted by Crippen LogP contribution is 2.17. The van der Waals surface area contributed by atoms with Crippen LogP contribution < -0.4 is 15.6 Å². The fourth-order valence-electron chi connectivity index (χ4n) is 3.38.